The number of carboxylic acid groups (broad SMARTS) is 1. The molecule has 0 saturated carbocycles. The summed E-state index contributed by atoms with van der Waals surface area (Å²) in [5, 5.41) is 11.5. The maximum Gasteiger partial charge on any atom is 0.341 e. The Morgan fingerprint density at radius 1 is 1.29 bits per heavy atom. The highest BCUT2D eigenvalue weighted by Gasteiger charge is 2.12. The third-order valence-electron chi connectivity index (χ3n) is 3.48. The highest BCUT2D eigenvalue weighted by molar-refractivity contribution is 7.14. The minimum absolute atomic E-state index is 0.0951. The Hall–Kier alpha value is -2.34. The van der Waals surface area contributed by atoms with E-state index in [1.165, 1.54) is 21.8 Å². The topological polar surface area (TPSA) is 75.6 Å². The van der Waals surface area contributed by atoms with Crippen molar-refractivity contribution in [1.29, 1.82) is 0 Å². The van der Waals surface area contributed by atoms with Gasteiger partial charge < -0.3 is 15.2 Å². The summed E-state index contributed by atoms with van der Waals surface area (Å²) >= 11 is 1.51. The average molecular weight is 347 g/mol. The first-order chi connectivity index (χ1) is 11.5. The van der Waals surface area contributed by atoms with Crippen LogP contribution in [0.5, 0.6) is 5.75 Å². The fourth-order valence-electron chi connectivity index (χ4n) is 2.31. The average Bonchev–Trinajstić information content (AvgIpc) is 2.92. The first-order valence-corrected chi connectivity index (χ1v) is 8.62. The number of carbonyl (C=O) groups is 2. The SMILES string of the molecule is CCCc1cc(C(=O)NCc2cccc(OCC(=O)O)c2)sc1C. The summed E-state index contributed by atoms with van der Waals surface area (Å²) in [5.74, 6) is -0.645. The van der Waals surface area contributed by atoms with Crippen LogP contribution < -0.4 is 10.1 Å². The molecule has 1 amide bonds. The first kappa shape index (κ1) is 18.0. The normalized spacial score (nSPS) is 10.4. The quantitative estimate of drug-likeness (QED) is 0.767. The van der Waals surface area contributed by atoms with Crippen LogP contribution in [0, 0.1) is 6.92 Å². The molecule has 1 aromatic carbocycles. The van der Waals surface area contributed by atoms with Gasteiger partial charge in [-0.15, -0.1) is 11.3 Å². The van der Waals surface area contributed by atoms with Gasteiger partial charge in [-0.1, -0.05) is 25.5 Å². The molecule has 0 radical (unpaired) electrons. The number of aryl methyl sites for hydroxylation is 2. The van der Waals surface area contributed by atoms with E-state index < -0.39 is 5.97 Å². The van der Waals surface area contributed by atoms with Crippen LogP contribution in [0.1, 0.15) is 39.0 Å². The van der Waals surface area contributed by atoms with Gasteiger partial charge in [-0.3, -0.25) is 4.79 Å². The molecular formula is C18H21NO4S. The number of nitrogens with one attached hydrogen (secondary N) is 1. The van der Waals surface area contributed by atoms with E-state index in [4.69, 9.17) is 9.84 Å². The molecule has 0 aliphatic carbocycles. The zero-order chi connectivity index (χ0) is 17.5. The van der Waals surface area contributed by atoms with Gasteiger partial charge in [-0.25, -0.2) is 4.79 Å². The first-order valence-electron chi connectivity index (χ1n) is 7.80. The zero-order valence-corrected chi connectivity index (χ0v) is 14.6. The van der Waals surface area contributed by atoms with Crippen LogP contribution in [0.15, 0.2) is 30.3 Å². The summed E-state index contributed by atoms with van der Waals surface area (Å²) in [4.78, 5) is 24.7. The second-order valence-electron chi connectivity index (χ2n) is 5.45. The Morgan fingerprint density at radius 3 is 2.79 bits per heavy atom. The highest BCUT2D eigenvalue weighted by Crippen LogP contribution is 2.23. The fourth-order valence-corrected chi connectivity index (χ4v) is 3.30. The molecule has 128 valence electrons. The Kier molecular flexibility index (Phi) is 6.37. The molecule has 0 aliphatic heterocycles. The van der Waals surface area contributed by atoms with Crippen molar-refractivity contribution in [1.82, 2.24) is 5.32 Å². The Labute approximate surface area is 145 Å². The Bertz CT molecular complexity index is 724. The Morgan fingerprint density at radius 2 is 2.08 bits per heavy atom. The number of ether oxygens (including phenoxy) is 1. The van der Waals surface area contributed by atoms with Crippen LogP contribution in [0.4, 0.5) is 0 Å². The minimum atomic E-state index is -1.02. The van der Waals surface area contributed by atoms with Gasteiger partial charge in [-0.05, 0) is 42.7 Å². The van der Waals surface area contributed by atoms with Crippen molar-refractivity contribution in [3.63, 3.8) is 0 Å². The highest BCUT2D eigenvalue weighted by atomic mass is 32.1. The van der Waals surface area contributed by atoms with Crippen LogP contribution in [-0.4, -0.2) is 23.6 Å². The van der Waals surface area contributed by atoms with Crippen molar-refractivity contribution in [2.45, 2.75) is 33.2 Å². The van der Waals surface area contributed by atoms with Gasteiger partial charge in [-0.2, -0.15) is 0 Å². The Balaban J connectivity index is 1.95. The molecule has 0 fully saturated rings. The maximum absolute atomic E-state index is 12.3. The van der Waals surface area contributed by atoms with Crippen molar-refractivity contribution in [3.8, 4) is 5.75 Å². The van der Waals surface area contributed by atoms with Crippen molar-refractivity contribution in [2.75, 3.05) is 6.61 Å². The number of amides is 1. The third kappa shape index (κ3) is 5.09. The molecule has 6 heteroatoms. The monoisotopic (exact) mass is 347 g/mol. The summed E-state index contributed by atoms with van der Waals surface area (Å²) in [6.45, 7) is 4.14. The molecule has 2 aromatic rings. The van der Waals surface area contributed by atoms with E-state index in [0.717, 1.165) is 18.4 Å². The smallest absolute Gasteiger partial charge is 0.341 e. The molecule has 2 rings (SSSR count). The number of hydrogen-bond donors (Lipinski definition) is 2. The minimum Gasteiger partial charge on any atom is -0.482 e. The van der Waals surface area contributed by atoms with Gasteiger partial charge in [0.2, 0.25) is 0 Å². The summed E-state index contributed by atoms with van der Waals surface area (Å²) in [6, 6.07) is 9.01. The third-order valence-corrected chi connectivity index (χ3v) is 4.57. The van der Waals surface area contributed by atoms with Crippen molar-refractivity contribution in [3.05, 3.63) is 51.2 Å². The molecule has 0 spiro atoms. The molecule has 0 aliphatic rings. The summed E-state index contributed by atoms with van der Waals surface area (Å²) in [5.41, 5.74) is 2.09. The van der Waals surface area contributed by atoms with E-state index in [1.807, 2.05) is 19.1 Å². The molecule has 2 N–H and O–H groups in total. The summed E-state index contributed by atoms with van der Waals surface area (Å²) < 4.78 is 5.14. The number of thiophene rings is 1. The van der Waals surface area contributed by atoms with Crippen molar-refractivity contribution >= 4 is 23.2 Å². The number of carboxylic acids is 1. The fraction of sp³-hybridized carbons (Fsp3) is 0.333. The summed E-state index contributed by atoms with van der Waals surface area (Å²) in [6.07, 6.45) is 2.04. The van der Waals surface area contributed by atoms with E-state index in [0.29, 0.717) is 17.2 Å². The zero-order valence-electron chi connectivity index (χ0n) is 13.8. The van der Waals surface area contributed by atoms with Gasteiger partial charge >= 0.3 is 5.97 Å². The molecule has 0 saturated heterocycles. The number of rotatable bonds is 8. The number of hydrogen-bond acceptors (Lipinski definition) is 4. The van der Waals surface area contributed by atoms with Gasteiger partial charge in [0, 0.05) is 11.4 Å². The summed E-state index contributed by atoms with van der Waals surface area (Å²) in [7, 11) is 0. The van der Waals surface area contributed by atoms with Gasteiger partial charge in [0.15, 0.2) is 6.61 Å². The number of aliphatic carboxylic acids is 1. The van der Waals surface area contributed by atoms with E-state index >= 15 is 0 Å². The number of carbonyl (C=O) groups excluding carboxylic acids is 1. The molecule has 1 aromatic heterocycles. The van der Waals surface area contributed by atoms with Gasteiger partial charge in [0.05, 0.1) is 4.88 Å². The van der Waals surface area contributed by atoms with Crippen LogP contribution in [0.25, 0.3) is 0 Å². The maximum atomic E-state index is 12.3. The standard InChI is InChI=1S/C18H21NO4S/c1-3-5-14-9-16(24-12(14)2)18(22)19-10-13-6-4-7-15(8-13)23-11-17(20)21/h4,6-9H,3,5,10-11H2,1-2H3,(H,19,22)(H,20,21). The predicted octanol–water partition coefficient (Wildman–Crippen LogP) is 3.40. The molecule has 0 unspecified atom stereocenters. The second kappa shape index (κ2) is 8.49. The van der Waals surface area contributed by atoms with Crippen LogP contribution in [-0.2, 0) is 17.8 Å². The van der Waals surface area contributed by atoms with Gasteiger partial charge in [0.25, 0.3) is 5.91 Å². The van der Waals surface area contributed by atoms with Crippen LogP contribution in [0.3, 0.4) is 0 Å². The van der Waals surface area contributed by atoms with E-state index in [1.54, 1.807) is 18.2 Å². The van der Waals surface area contributed by atoms with Crippen molar-refractivity contribution < 1.29 is 19.4 Å². The second-order valence-corrected chi connectivity index (χ2v) is 6.71. The molecule has 1 heterocycles. The molecule has 0 atom stereocenters. The lowest BCUT2D eigenvalue weighted by Crippen LogP contribution is -2.21. The largest absolute Gasteiger partial charge is 0.482 e. The molecule has 5 nitrogen and oxygen atoms in total. The number of benzene rings is 1. The lowest BCUT2D eigenvalue weighted by Gasteiger charge is -2.07. The van der Waals surface area contributed by atoms with Crippen molar-refractivity contribution in [2.24, 2.45) is 0 Å². The molecule has 24 heavy (non-hydrogen) atoms. The lowest BCUT2D eigenvalue weighted by atomic mass is 10.1. The van der Waals surface area contributed by atoms with Crippen LogP contribution >= 0.6 is 11.3 Å². The van der Waals surface area contributed by atoms with E-state index in [2.05, 4.69) is 12.2 Å². The predicted molar refractivity (Wildman–Crippen MR) is 93.8 cm³/mol. The van der Waals surface area contributed by atoms with E-state index in [9.17, 15) is 9.59 Å². The van der Waals surface area contributed by atoms with E-state index in [-0.39, 0.29) is 12.5 Å². The molecule has 0 bridgehead atoms. The molecular weight excluding hydrogens is 326 g/mol. The van der Waals surface area contributed by atoms with Gasteiger partial charge in [0.1, 0.15) is 5.75 Å². The lowest BCUT2D eigenvalue weighted by molar-refractivity contribution is -0.139. The van der Waals surface area contributed by atoms with Crippen LogP contribution in [0.2, 0.25) is 0 Å².